The Kier molecular flexibility index (Phi) is 9.62. The Bertz CT molecular complexity index is 1090. The third kappa shape index (κ3) is 8.99. The first-order valence-corrected chi connectivity index (χ1v) is 10.5. The first kappa shape index (κ1) is 27.2. The Labute approximate surface area is 199 Å². The molecule has 35 heavy (non-hydrogen) atoms. The van der Waals surface area contributed by atoms with Crippen LogP contribution in [0.15, 0.2) is 47.6 Å². The van der Waals surface area contributed by atoms with Crippen LogP contribution < -0.4 is 25.5 Å². The van der Waals surface area contributed by atoms with Crippen LogP contribution in [0.1, 0.15) is 31.9 Å². The van der Waals surface area contributed by atoms with Gasteiger partial charge in [-0.25, -0.2) is 5.43 Å². The van der Waals surface area contributed by atoms with Crippen molar-refractivity contribution in [1.29, 1.82) is 0 Å². The van der Waals surface area contributed by atoms with E-state index >= 15 is 0 Å². The number of hydrazone groups is 1. The molecule has 0 saturated heterocycles. The van der Waals surface area contributed by atoms with Crippen molar-refractivity contribution < 1.29 is 37.0 Å². The molecule has 2 rings (SSSR count). The van der Waals surface area contributed by atoms with Crippen LogP contribution in [0.5, 0.6) is 11.5 Å². The lowest BCUT2D eigenvalue weighted by atomic mass is 10.2. The summed E-state index contributed by atoms with van der Waals surface area (Å²) in [5.74, 6) is -1.93. The highest BCUT2D eigenvalue weighted by Gasteiger charge is 2.30. The molecule has 0 aliphatic carbocycles. The van der Waals surface area contributed by atoms with Crippen LogP contribution in [-0.4, -0.2) is 43.2 Å². The average Bonchev–Trinajstić information content (AvgIpc) is 2.78. The van der Waals surface area contributed by atoms with Crippen LogP contribution in [0, 0.1) is 0 Å². The fourth-order valence-electron chi connectivity index (χ4n) is 2.65. The van der Waals surface area contributed by atoms with Crippen molar-refractivity contribution in [2.75, 3.05) is 18.5 Å². The van der Waals surface area contributed by atoms with Gasteiger partial charge in [0.1, 0.15) is 0 Å². The smallest absolute Gasteiger partial charge is 0.416 e. The molecule has 0 fully saturated rings. The van der Waals surface area contributed by atoms with Gasteiger partial charge in [-0.3, -0.25) is 14.4 Å². The SMILES string of the molecule is CCOc1cc(/C=N\NC(=O)C(=O)NC(C)C)ccc1OCC(=O)Nc1cccc(C(F)(F)F)c1. The van der Waals surface area contributed by atoms with Crippen molar-refractivity contribution in [2.45, 2.75) is 33.0 Å². The maximum absolute atomic E-state index is 12.8. The number of ether oxygens (including phenoxy) is 2. The van der Waals surface area contributed by atoms with E-state index < -0.39 is 36.1 Å². The zero-order chi connectivity index (χ0) is 26.0. The summed E-state index contributed by atoms with van der Waals surface area (Å²) in [5.41, 5.74) is 1.70. The minimum Gasteiger partial charge on any atom is -0.490 e. The van der Waals surface area contributed by atoms with Gasteiger partial charge in [0.25, 0.3) is 5.91 Å². The van der Waals surface area contributed by atoms with E-state index in [0.29, 0.717) is 5.56 Å². The summed E-state index contributed by atoms with van der Waals surface area (Å²) in [6.07, 6.45) is -3.24. The average molecular weight is 494 g/mol. The molecule has 0 atom stereocenters. The van der Waals surface area contributed by atoms with Gasteiger partial charge in [0.05, 0.1) is 18.4 Å². The highest BCUT2D eigenvalue weighted by Crippen LogP contribution is 2.31. The molecule has 0 aliphatic heterocycles. The highest BCUT2D eigenvalue weighted by molar-refractivity contribution is 6.35. The largest absolute Gasteiger partial charge is 0.490 e. The Balaban J connectivity index is 1.99. The molecule has 2 aromatic carbocycles. The van der Waals surface area contributed by atoms with Gasteiger partial charge >= 0.3 is 18.0 Å². The summed E-state index contributed by atoms with van der Waals surface area (Å²) in [6, 6.07) is 8.63. The number of carbonyl (C=O) groups is 3. The lowest BCUT2D eigenvalue weighted by Gasteiger charge is -2.13. The molecule has 3 N–H and O–H groups in total. The van der Waals surface area contributed by atoms with Crippen LogP contribution in [0.3, 0.4) is 0 Å². The minimum atomic E-state index is -4.53. The second kappa shape index (κ2) is 12.4. The van der Waals surface area contributed by atoms with Crippen molar-refractivity contribution in [3.05, 3.63) is 53.6 Å². The van der Waals surface area contributed by atoms with E-state index in [1.807, 2.05) is 0 Å². The highest BCUT2D eigenvalue weighted by atomic mass is 19.4. The van der Waals surface area contributed by atoms with E-state index in [2.05, 4.69) is 21.2 Å². The molecule has 0 saturated carbocycles. The molecule has 0 radical (unpaired) electrons. The topological polar surface area (TPSA) is 118 Å². The van der Waals surface area contributed by atoms with E-state index in [0.717, 1.165) is 12.1 Å². The number of rotatable bonds is 9. The molecule has 188 valence electrons. The molecule has 0 aromatic heterocycles. The Morgan fingerprint density at radius 2 is 1.77 bits per heavy atom. The van der Waals surface area contributed by atoms with Crippen molar-refractivity contribution in [3.8, 4) is 11.5 Å². The number of hydrogen-bond acceptors (Lipinski definition) is 6. The molecular formula is C23H25F3N4O5. The summed E-state index contributed by atoms with van der Waals surface area (Å²) in [4.78, 5) is 35.4. The van der Waals surface area contributed by atoms with E-state index in [-0.39, 0.29) is 29.8 Å². The summed E-state index contributed by atoms with van der Waals surface area (Å²) in [7, 11) is 0. The van der Waals surface area contributed by atoms with Crippen LogP contribution in [0.4, 0.5) is 18.9 Å². The van der Waals surface area contributed by atoms with Crippen LogP contribution >= 0.6 is 0 Å². The van der Waals surface area contributed by atoms with Crippen molar-refractivity contribution in [2.24, 2.45) is 5.10 Å². The van der Waals surface area contributed by atoms with E-state index in [4.69, 9.17) is 9.47 Å². The molecule has 0 aliphatic rings. The molecule has 2 aromatic rings. The summed E-state index contributed by atoms with van der Waals surface area (Å²) in [5, 5.41) is 8.50. The monoisotopic (exact) mass is 494 g/mol. The molecule has 3 amide bonds. The number of hydrogen-bond donors (Lipinski definition) is 3. The Morgan fingerprint density at radius 3 is 2.43 bits per heavy atom. The van der Waals surface area contributed by atoms with Crippen molar-refractivity contribution >= 4 is 29.6 Å². The van der Waals surface area contributed by atoms with Crippen LogP contribution in [0.25, 0.3) is 0 Å². The first-order valence-electron chi connectivity index (χ1n) is 10.5. The lowest BCUT2D eigenvalue weighted by molar-refractivity contribution is -0.139. The zero-order valence-corrected chi connectivity index (χ0v) is 19.2. The third-order valence-corrected chi connectivity index (χ3v) is 4.11. The number of nitrogens with one attached hydrogen (secondary N) is 3. The Morgan fingerprint density at radius 1 is 1.03 bits per heavy atom. The second-order valence-corrected chi connectivity index (χ2v) is 7.38. The molecule has 0 heterocycles. The Hall–Kier alpha value is -4.09. The standard InChI is InChI=1S/C23H25F3N4O5/c1-4-34-19-10-15(12-27-30-22(33)21(32)28-14(2)3)8-9-18(19)35-13-20(31)29-17-7-5-6-16(11-17)23(24,25)26/h5-12,14H,4,13H2,1-3H3,(H,28,32)(H,29,31)(H,30,33)/b27-12-. The van der Waals surface area contributed by atoms with Gasteiger partial charge in [-0.2, -0.15) is 18.3 Å². The molecule has 0 unspecified atom stereocenters. The minimum absolute atomic E-state index is 0.0193. The lowest BCUT2D eigenvalue weighted by Crippen LogP contribution is -2.41. The summed E-state index contributed by atoms with van der Waals surface area (Å²) >= 11 is 0. The second-order valence-electron chi connectivity index (χ2n) is 7.38. The number of amides is 3. The predicted octanol–water partition coefficient (Wildman–Crippen LogP) is 3.10. The fraction of sp³-hybridized carbons (Fsp3) is 0.304. The van der Waals surface area contributed by atoms with Crippen LogP contribution in [-0.2, 0) is 20.6 Å². The molecular weight excluding hydrogens is 469 g/mol. The third-order valence-electron chi connectivity index (χ3n) is 4.11. The van der Waals surface area contributed by atoms with Gasteiger partial charge in [-0.15, -0.1) is 0 Å². The van der Waals surface area contributed by atoms with Crippen molar-refractivity contribution in [3.63, 3.8) is 0 Å². The molecule has 12 heteroatoms. The van der Waals surface area contributed by atoms with Gasteiger partial charge in [0.2, 0.25) is 0 Å². The normalized spacial score (nSPS) is 11.3. The summed E-state index contributed by atoms with van der Waals surface area (Å²) in [6.45, 7) is 4.95. The van der Waals surface area contributed by atoms with Crippen LogP contribution in [0.2, 0.25) is 0 Å². The fourth-order valence-corrected chi connectivity index (χ4v) is 2.65. The van der Waals surface area contributed by atoms with Gasteiger partial charge in [-0.1, -0.05) is 6.07 Å². The number of halogens is 3. The number of anilines is 1. The van der Waals surface area contributed by atoms with Gasteiger partial charge in [-0.05, 0) is 62.7 Å². The summed E-state index contributed by atoms with van der Waals surface area (Å²) < 4.78 is 49.4. The predicted molar refractivity (Wildman–Crippen MR) is 122 cm³/mol. The number of alkyl halides is 3. The number of benzene rings is 2. The van der Waals surface area contributed by atoms with Gasteiger partial charge in [0.15, 0.2) is 18.1 Å². The van der Waals surface area contributed by atoms with Gasteiger partial charge < -0.3 is 20.1 Å². The quantitative estimate of drug-likeness (QED) is 0.281. The van der Waals surface area contributed by atoms with E-state index in [1.165, 1.54) is 30.5 Å². The maximum Gasteiger partial charge on any atom is 0.416 e. The maximum atomic E-state index is 12.8. The van der Waals surface area contributed by atoms with E-state index in [1.54, 1.807) is 26.8 Å². The molecule has 0 bridgehead atoms. The number of nitrogens with zero attached hydrogens (tertiary/aromatic N) is 1. The number of carbonyl (C=O) groups excluding carboxylic acids is 3. The zero-order valence-electron chi connectivity index (χ0n) is 19.2. The first-order chi connectivity index (χ1) is 16.5. The molecule has 0 spiro atoms. The van der Waals surface area contributed by atoms with Crippen molar-refractivity contribution in [1.82, 2.24) is 10.7 Å². The van der Waals surface area contributed by atoms with Gasteiger partial charge in [0, 0.05) is 11.7 Å². The molecule has 9 nitrogen and oxygen atoms in total. The van der Waals surface area contributed by atoms with E-state index in [9.17, 15) is 27.6 Å².